The summed E-state index contributed by atoms with van der Waals surface area (Å²) < 4.78 is 6.66. The second-order valence-electron chi connectivity index (χ2n) is 6.43. The molecule has 8 heteroatoms. The lowest BCUT2D eigenvalue weighted by Crippen LogP contribution is -2.50. The van der Waals surface area contributed by atoms with Gasteiger partial charge < -0.3 is 19.1 Å². The van der Waals surface area contributed by atoms with Gasteiger partial charge in [0.05, 0.1) is 17.6 Å². The van der Waals surface area contributed by atoms with E-state index in [-0.39, 0.29) is 17.6 Å². The van der Waals surface area contributed by atoms with Crippen molar-refractivity contribution in [3.8, 4) is 0 Å². The molecule has 0 bridgehead atoms. The summed E-state index contributed by atoms with van der Waals surface area (Å²) in [4.78, 5) is 44.5. The molecule has 1 fully saturated rings. The van der Waals surface area contributed by atoms with Gasteiger partial charge in [0.25, 0.3) is 11.5 Å². The molecular weight excluding hydrogens is 348 g/mol. The van der Waals surface area contributed by atoms with Crippen LogP contribution < -0.4 is 5.56 Å². The lowest BCUT2D eigenvalue weighted by Gasteiger charge is -2.34. The minimum absolute atomic E-state index is 0.103. The highest BCUT2D eigenvalue weighted by molar-refractivity contribution is 5.97. The minimum Gasteiger partial charge on any atom is -0.450 e. The van der Waals surface area contributed by atoms with Crippen molar-refractivity contribution in [3.63, 3.8) is 0 Å². The maximum absolute atomic E-state index is 12.8. The first-order chi connectivity index (χ1) is 13.0. The SMILES string of the molecule is CCOC(=O)N1CCN(C(=O)c2ccc3c(c2)nc(C)c(=O)n3CC)CC1. The van der Waals surface area contributed by atoms with Crippen molar-refractivity contribution in [2.45, 2.75) is 27.3 Å². The van der Waals surface area contributed by atoms with E-state index in [0.717, 1.165) is 5.52 Å². The fourth-order valence-corrected chi connectivity index (χ4v) is 3.31. The summed E-state index contributed by atoms with van der Waals surface area (Å²) in [6.45, 7) is 8.04. The molecule has 2 amide bonds. The van der Waals surface area contributed by atoms with Crippen LogP contribution in [0.3, 0.4) is 0 Å². The zero-order chi connectivity index (χ0) is 19.6. The van der Waals surface area contributed by atoms with Gasteiger partial charge in [0.15, 0.2) is 0 Å². The molecule has 0 saturated carbocycles. The van der Waals surface area contributed by atoms with Gasteiger partial charge in [-0.2, -0.15) is 0 Å². The second kappa shape index (κ2) is 7.77. The summed E-state index contributed by atoms with van der Waals surface area (Å²) >= 11 is 0. The number of hydrogen-bond acceptors (Lipinski definition) is 5. The lowest BCUT2D eigenvalue weighted by atomic mass is 10.1. The Balaban J connectivity index is 1.80. The van der Waals surface area contributed by atoms with Crippen molar-refractivity contribution >= 4 is 23.0 Å². The lowest BCUT2D eigenvalue weighted by molar-refractivity contribution is 0.0570. The van der Waals surface area contributed by atoms with Crippen LogP contribution in [0.15, 0.2) is 23.0 Å². The van der Waals surface area contributed by atoms with Crippen molar-refractivity contribution in [1.29, 1.82) is 0 Å². The molecule has 1 aliphatic rings. The monoisotopic (exact) mass is 372 g/mol. The first-order valence-corrected chi connectivity index (χ1v) is 9.18. The van der Waals surface area contributed by atoms with E-state index >= 15 is 0 Å². The summed E-state index contributed by atoms with van der Waals surface area (Å²) in [6, 6.07) is 5.23. The standard InChI is InChI=1S/C19H24N4O4/c1-4-23-16-7-6-14(12-15(16)20-13(3)17(23)24)18(25)21-8-10-22(11-9-21)19(26)27-5-2/h6-7,12H,4-5,8-11H2,1-3H3. The van der Waals surface area contributed by atoms with Crippen LogP contribution in [-0.2, 0) is 11.3 Å². The normalized spacial score (nSPS) is 14.5. The van der Waals surface area contributed by atoms with E-state index in [2.05, 4.69) is 4.98 Å². The van der Waals surface area contributed by atoms with Crippen molar-refractivity contribution < 1.29 is 14.3 Å². The molecule has 3 rings (SSSR count). The molecule has 1 aliphatic heterocycles. The van der Waals surface area contributed by atoms with Crippen molar-refractivity contribution in [2.24, 2.45) is 0 Å². The summed E-state index contributed by atoms with van der Waals surface area (Å²) in [5, 5.41) is 0. The summed E-state index contributed by atoms with van der Waals surface area (Å²) in [5.74, 6) is -0.103. The molecule has 0 aliphatic carbocycles. The van der Waals surface area contributed by atoms with Gasteiger partial charge in [-0.15, -0.1) is 0 Å². The molecule has 27 heavy (non-hydrogen) atoms. The van der Waals surface area contributed by atoms with Crippen LogP contribution in [0.5, 0.6) is 0 Å². The second-order valence-corrected chi connectivity index (χ2v) is 6.43. The third-order valence-electron chi connectivity index (χ3n) is 4.77. The van der Waals surface area contributed by atoms with E-state index in [1.54, 1.807) is 46.4 Å². The van der Waals surface area contributed by atoms with Crippen molar-refractivity contribution in [3.05, 3.63) is 39.8 Å². The molecule has 0 spiro atoms. The van der Waals surface area contributed by atoms with Crippen LogP contribution in [0, 0.1) is 6.92 Å². The van der Waals surface area contributed by atoms with Gasteiger partial charge >= 0.3 is 6.09 Å². The summed E-state index contributed by atoms with van der Waals surface area (Å²) in [7, 11) is 0. The molecule has 0 atom stereocenters. The van der Waals surface area contributed by atoms with Gasteiger partial charge in [0.2, 0.25) is 0 Å². The molecule has 8 nitrogen and oxygen atoms in total. The number of benzene rings is 1. The molecule has 2 heterocycles. The number of piperazine rings is 1. The van der Waals surface area contributed by atoms with Crippen molar-refractivity contribution in [2.75, 3.05) is 32.8 Å². The third kappa shape index (κ3) is 3.65. The predicted octanol–water partition coefficient (Wildman–Crippen LogP) is 1.64. The fourth-order valence-electron chi connectivity index (χ4n) is 3.31. The number of amides is 2. The first kappa shape index (κ1) is 18.9. The maximum atomic E-state index is 12.8. The summed E-state index contributed by atoms with van der Waals surface area (Å²) in [5.41, 5.74) is 2.18. The van der Waals surface area contributed by atoms with Gasteiger partial charge in [-0.05, 0) is 39.0 Å². The Morgan fingerprint density at radius 3 is 2.41 bits per heavy atom. The Hall–Kier alpha value is -2.90. The number of hydrogen-bond donors (Lipinski definition) is 0. The zero-order valence-corrected chi connectivity index (χ0v) is 15.9. The molecule has 0 radical (unpaired) electrons. The molecular formula is C19H24N4O4. The highest BCUT2D eigenvalue weighted by Crippen LogP contribution is 2.16. The molecule has 2 aromatic rings. The van der Waals surface area contributed by atoms with Crippen LogP contribution in [0.2, 0.25) is 0 Å². The Bertz CT molecular complexity index is 929. The fraction of sp³-hybridized carbons (Fsp3) is 0.474. The third-order valence-corrected chi connectivity index (χ3v) is 4.77. The highest BCUT2D eigenvalue weighted by Gasteiger charge is 2.25. The van der Waals surface area contributed by atoms with E-state index in [1.807, 2.05) is 6.92 Å². The smallest absolute Gasteiger partial charge is 0.409 e. The molecule has 1 aromatic carbocycles. The maximum Gasteiger partial charge on any atom is 0.409 e. The Labute approximate surface area is 157 Å². The highest BCUT2D eigenvalue weighted by atomic mass is 16.6. The van der Waals surface area contributed by atoms with Gasteiger partial charge in [0, 0.05) is 38.3 Å². The van der Waals surface area contributed by atoms with Crippen LogP contribution in [-0.4, -0.2) is 64.1 Å². The van der Waals surface area contributed by atoms with Gasteiger partial charge in [-0.25, -0.2) is 9.78 Å². The van der Waals surface area contributed by atoms with Gasteiger partial charge in [-0.3, -0.25) is 9.59 Å². The van der Waals surface area contributed by atoms with Gasteiger partial charge in [0.1, 0.15) is 5.69 Å². The zero-order valence-electron chi connectivity index (χ0n) is 15.9. The number of rotatable bonds is 3. The Morgan fingerprint density at radius 1 is 1.11 bits per heavy atom. The number of carbonyl (C=O) groups is 2. The quantitative estimate of drug-likeness (QED) is 0.818. The average molecular weight is 372 g/mol. The Kier molecular flexibility index (Phi) is 5.43. The number of aromatic nitrogens is 2. The minimum atomic E-state index is -0.340. The Morgan fingerprint density at radius 2 is 1.78 bits per heavy atom. The molecule has 0 N–H and O–H groups in total. The van der Waals surface area contributed by atoms with E-state index in [9.17, 15) is 14.4 Å². The van der Waals surface area contributed by atoms with Crippen LogP contribution in [0.1, 0.15) is 29.9 Å². The number of aryl methyl sites for hydroxylation is 2. The van der Waals surface area contributed by atoms with E-state index in [4.69, 9.17) is 4.74 Å². The molecule has 1 saturated heterocycles. The van der Waals surface area contributed by atoms with E-state index < -0.39 is 0 Å². The number of carbonyl (C=O) groups excluding carboxylic acids is 2. The van der Waals surface area contributed by atoms with E-state index in [0.29, 0.717) is 56.1 Å². The number of ether oxygens (including phenoxy) is 1. The molecule has 0 unspecified atom stereocenters. The summed E-state index contributed by atoms with van der Waals surface area (Å²) in [6.07, 6.45) is -0.340. The first-order valence-electron chi connectivity index (χ1n) is 9.18. The number of fused-ring (bicyclic) bond motifs is 1. The van der Waals surface area contributed by atoms with Crippen molar-refractivity contribution in [1.82, 2.24) is 19.4 Å². The topological polar surface area (TPSA) is 84.7 Å². The van der Waals surface area contributed by atoms with E-state index in [1.165, 1.54) is 0 Å². The van der Waals surface area contributed by atoms with Crippen LogP contribution in [0.25, 0.3) is 11.0 Å². The molecule has 144 valence electrons. The van der Waals surface area contributed by atoms with Gasteiger partial charge in [-0.1, -0.05) is 0 Å². The largest absolute Gasteiger partial charge is 0.450 e. The molecule has 1 aromatic heterocycles. The van der Waals surface area contributed by atoms with Crippen LogP contribution >= 0.6 is 0 Å². The predicted molar refractivity (Wildman–Crippen MR) is 101 cm³/mol. The number of nitrogens with zero attached hydrogens (tertiary/aromatic N) is 4. The average Bonchev–Trinajstić information content (AvgIpc) is 2.68. The van der Waals surface area contributed by atoms with Crippen LogP contribution in [0.4, 0.5) is 4.79 Å².